The molecule has 0 fully saturated rings. The number of hydrogen-bond donors (Lipinski definition) is 0. The molecule has 28 heavy (non-hydrogen) atoms. The van der Waals surface area contributed by atoms with E-state index < -0.39 is 12.6 Å². The average molecular weight is 401 g/mol. The quantitative estimate of drug-likeness (QED) is 0.473. The monoisotopic (exact) mass is 400 g/mol. The largest absolute Gasteiger partial charge is 0.486 e. The van der Waals surface area contributed by atoms with Crippen LogP contribution in [-0.2, 0) is 16.0 Å². The number of carbonyl (C=O) groups is 2. The zero-order valence-corrected chi connectivity index (χ0v) is 15.9. The number of hydrogen-bond acceptors (Lipinski definition) is 6. The predicted molar refractivity (Wildman–Crippen MR) is 102 cm³/mol. The topological polar surface area (TPSA) is 75.0 Å². The van der Waals surface area contributed by atoms with Crippen molar-refractivity contribution in [1.82, 2.24) is 0 Å². The molecule has 2 aromatic carbocycles. The summed E-state index contributed by atoms with van der Waals surface area (Å²) in [6, 6.07) is 10.7. The molecule has 0 spiro atoms. The second-order valence-electron chi connectivity index (χ2n) is 6.41. The van der Waals surface area contributed by atoms with Gasteiger partial charge in [-0.25, -0.2) is 0 Å². The SMILES string of the molecule is Cc1c(C(=O)COC(=O)Cc2cc(Cl)c3c(c2)OCCO3)oc2ccccc12. The van der Waals surface area contributed by atoms with Crippen molar-refractivity contribution in [1.29, 1.82) is 0 Å². The number of ketones is 1. The Labute approximate surface area is 165 Å². The minimum Gasteiger partial charge on any atom is -0.486 e. The van der Waals surface area contributed by atoms with Gasteiger partial charge in [0.25, 0.3) is 0 Å². The summed E-state index contributed by atoms with van der Waals surface area (Å²) in [6.45, 7) is 2.26. The minimum atomic E-state index is -0.546. The Bertz CT molecular complexity index is 1070. The maximum absolute atomic E-state index is 12.4. The maximum atomic E-state index is 12.4. The molecule has 4 rings (SSSR count). The van der Waals surface area contributed by atoms with Crippen LogP contribution < -0.4 is 9.47 Å². The van der Waals surface area contributed by atoms with Crippen LogP contribution in [0, 0.1) is 6.92 Å². The molecule has 0 saturated heterocycles. The van der Waals surface area contributed by atoms with Gasteiger partial charge in [-0.1, -0.05) is 29.8 Å². The van der Waals surface area contributed by atoms with E-state index in [1.807, 2.05) is 18.2 Å². The molecule has 0 saturated carbocycles. The van der Waals surface area contributed by atoms with Gasteiger partial charge in [-0.05, 0) is 30.7 Å². The summed E-state index contributed by atoms with van der Waals surface area (Å²) in [5.74, 6) is 0.240. The maximum Gasteiger partial charge on any atom is 0.310 e. The lowest BCUT2D eigenvalue weighted by atomic mass is 10.1. The van der Waals surface area contributed by atoms with Crippen LogP contribution in [0.1, 0.15) is 21.7 Å². The number of rotatable bonds is 5. The number of Topliss-reactive ketones (excluding diaryl/α,β-unsaturated/α-hetero) is 1. The van der Waals surface area contributed by atoms with Crippen LogP contribution in [0.25, 0.3) is 11.0 Å². The fourth-order valence-corrected chi connectivity index (χ4v) is 3.42. The molecule has 0 unspecified atom stereocenters. The van der Waals surface area contributed by atoms with Crippen LogP contribution in [0.5, 0.6) is 11.5 Å². The number of ether oxygens (including phenoxy) is 3. The van der Waals surface area contributed by atoms with Gasteiger partial charge >= 0.3 is 5.97 Å². The highest BCUT2D eigenvalue weighted by Crippen LogP contribution is 2.38. The van der Waals surface area contributed by atoms with E-state index in [1.165, 1.54) is 0 Å². The van der Waals surface area contributed by atoms with Crippen molar-refractivity contribution in [2.24, 2.45) is 0 Å². The van der Waals surface area contributed by atoms with E-state index in [-0.39, 0.29) is 18.0 Å². The minimum absolute atomic E-state index is 0.0389. The van der Waals surface area contributed by atoms with E-state index in [1.54, 1.807) is 25.1 Å². The van der Waals surface area contributed by atoms with Crippen LogP contribution in [0.2, 0.25) is 5.02 Å². The van der Waals surface area contributed by atoms with Crippen molar-refractivity contribution < 1.29 is 28.2 Å². The molecule has 6 nitrogen and oxygen atoms in total. The number of carbonyl (C=O) groups excluding carboxylic acids is 2. The highest BCUT2D eigenvalue weighted by Gasteiger charge is 2.21. The van der Waals surface area contributed by atoms with E-state index in [9.17, 15) is 9.59 Å². The molecule has 1 aliphatic rings. The van der Waals surface area contributed by atoms with Crippen molar-refractivity contribution in [2.75, 3.05) is 19.8 Å². The Morgan fingerprint density at radius 3 is 2.75 bits per heavy atom. The number of halogens is 1. The molecule has 0 amide bonds. The van der Waals surface area contributed by atoms with Crippen LogP contribution in [-0.4, -0.2) is 31.6 Å². The first-order valence-electron chi connectivity index (χ1n) is 8.78. The van der Waals surface area contributed by atoms with Crippen LogP contribution in [0.15, 0.2) is 40.8 Å². The van der Waals surface area contributed by atoms with Gasteiger partial charge in [0.05, 0.1) is 11.4 Å². The standard InChI is InChI=1S/C21H17ClO6/c1-12-14-4-2-3-5-17(14)28-20(12)16(23)11-27-19(24)10-13-8-15(22)21-18(9-13)25-6-7-26-21/h2-5,8-9H,6-7,10-11H2,1H3. The van der Waals surface area contributed by atoms with E-state index >= 15 is 0 Å². The van der Waals surface area contributed by atoms with Crippen LogP contribution >= 0.6 is 11.6 Å². The van der Waals surface area contributed by atoms with Crippen molar-refractivity contribution in [3.8, 4) is 11.5 Å². The molecule has 7 heteroatoms. The lowest BCUT2D eigenvalue weighted by molar-refractivity contribution is -0.141. The molecule has 144 valence electrons. The zero-order valence-electron chi connectivity index (χ0n) is 15.1. The van der Waals surface area contributed by atoms with Crippen LogP contribution in [0.3, 0.4) is 0 Å². The van der Waals surface area contributed by atoms with Crippen molar-refractivity contribution in [2.45, 2.75) is 13.3 Å². The van der Waals surface area contributed by atoms with Crippen molar-refractivity contribution in [3.63, 3.8) is 0 Å². The van der Waals surface area contributed by atoms with Crippen LogP contribution in [0.4, 0.5) is 0 Å². The van der Waals surface area contributed by atoms with Gasteiger partial charge in [-0.2, -0.15) is 0 Å². The molecule has 1 aliphatic heterocycles. The molecule has 0 aliphatic carbocycles. The molecule has 0 atom stereocenters. The third kappa shape index (κ3) is 3.55. The van der Waals surface area contributed by atoms with Gasteiger partial charge in [0, 0.05) is 10.9 Å². The van der Waals surface area contributed by atoms with Crippen molar-refractivity contribution >= 4 is 34.3 Å². The molecule has 2 heterocycles. The zero-order chi connectivity index (χ0) is 19.7. The number of aryl methyl sites for hydroxylation is 1. The number of benzene rings is 2. The van der Waals surface area contributed by atoms with Crippen molar-refractivity contribution in [3.05, 3.63) is 58.3 Å². The van der Waals surface area contributed by atoms with Gasteiger partial charge in [0.2, 0.25) is 5.78 Å². The van der Waals surface area contributed by atoms with Gasteiger partial charge < -0.3 is 18.6 Å². The van der Waals surface area contributed by atoms with E-state index in [2.05, 4.69) is 0 Å². The number of para-hydroxylation sites is 1. The van der Waals surface area contributed by atoms with Gasteiger partial charge in [-0.3, -0.25) is 9.59 Å². The fraction of sp³-hybridized carbons (Fsp3) is 0.238. The van der Waals surface area contributed by atoms with E-state index in [4.69, 9.17) is 30.2 Å². The normalized spacial score (nSPS) is 12.8. The summed E-state index contributed by atoms with van der Waals surface area (Å²) < 4.78 is 21.7. The summed E-state index contributed by atoms with van der Waals surface area (Å²) in [5.41, 5.74) is 1.97. The number of esters is 1. The molecule has 0 radical (unpaired) electrons. The highest BCUT2D eigenvalue weighted by molar-refractivity contribution is 6.32. The Balaban J connectivity index is 1.41. The Hall–Kier alpha value is -2.99. The fourth-order valence-electron chi connectivity index (χ4n) is 3.14. The third-order valence-corrected chi connectivity index (χ3v) is 4.75. The van der Waals surface area contributed by atoms with Gasteiger partial charge in [-0.15, -0.1) is 0 Å². The summed E-state index contributed by atoms with van der Waals surface area (Å²) in [5, 5.41) is 1.23. The summed E-state index contributed by atoms with van der Waals surface area (Å²) in [4.78, 5) is 24.6. The first-order valence-corrected chi connectivity index (χ1v) is 9.15. The summed E-state index contributed by atoms with van der Waals surface area (Å²) >= 11 is 6.17. The summed E-state index contributed by atoms with van der Waals surface area (Å²) in [6.07, 6.45) is -0.0389. The molecule has 0 N–H and O–H groups in total. The Morgan fingerprint density at radius 1 is 1.14 bits per heavy atom. The molecular formula is C21H17ClO6. The Kier molecular flexibility index (Phi) is 4.96. The van der Waals surface area contributed by atoms with Gasteiger partial charge in [0.1, 0.15) is 18.8 Å². The highest BCUT2D eigenvalue weighted by atomic mass is 35.5. The van der Waals surface area contributed by atoms with Gasteiger partial charge in [0.15, 0.2) is 23.9 Å². The molecule has 0 bridgehead atoms. The molecule has 1 aromatic heterocycles. The second kappa shape index (κ2) is 7.56. The lowest BCUT2D eigenvalue weighted by Crippen LogP contribution is -2.17. The lowest BCUT2D eigenvalue weighted by Gasteiger charge is -2.20. The van der Waals surface area contributed by atoms with E-state index in [0.717, 1.165) is 10.9 Å². The average Bonchev–Trinajstić information content (AvgIpc) is 3.03. The number of fused-ring (bicyclic) bond motifs is 2. The molecule has 3 aromatic rings. The number of furan rings is 1. The summed E-state index contributed by atoms with van der Waals surface area (Å²) in [7, 11) is 0. The predicted octanol–water partition coefficient (Wildman–Crippen LogP) is 4.13. The second-order valence-corrected chi connectivity index (χ2v) is 6.82. The third-order valence-electron chi connectivity index (χ3n) is 4.47. The molecular weight excluding hydrogens is 384 g/mol. The Morgan fingerprint density at radius 2 is 1.93 bits per heavy atom. The first kappa shape index (κ1) is 18.4. The first-order chi connectivity index (χ1) is 13.5. The van der Waals surface area contributed by atoms with E-state index in [0.29, 0.717) is 40.9 Å². The smallest absolute Gasteiger partial charge is 0.310 e.